The normalized spacial score (nSPS) is 18.8. The molecular formula is C25H34N6O3S. The van der Waals surface area contributed by atoms with E-state index in [-0.39, 0.29) is 22.8 Å². The summed E-state index contributed by atoms with van der Waals surface area (Å²) < 4.78 is 9.15. The minimum Gasteiger partial charge on any atom is -0.379 e. The number of benzene rings is 1. The Labute approximate surface area is 209 Å². The molecule has 3 aromatic rings. The smallest absolute Gasteiger partial charge is 0.262 e. The average Bonchev–Trinajstić information content (AvgIpc) is 3.34. The van der Waals surface area contributed by atoms with Crippen molar-refractivity contribution >= 4 is 34.3 Å². The Bertz CT molecular complexity index is 1240. The third-order valence-electron chi connectivity index (χ3n) is 7.34. The van der Waals surface area contributed by atoms with Crippen LogP contribution in [-0.4, -0.2) is 74.1 Å². The highest BCUT2D eigenvalue weighted by Gasteiger charge is 2.38. The molecule has 10 heteroatoms. The monoisotopic (exact) mass is 498 g/mol. The number of hydrogen-bond donors (Lipinski definition) is 1. The van der Waals surface area contributed by atoms with E-state index in [1.165, 1.54) is 31.0 Å². The third kappa shape index (κ3) is 4.83. The first-order valence-corrected chi connectivity index (χ1v) is 13.7. The molecule has 0 spiro atoms. The first-order chi connectivity index (χ1) is 17.1. The van der Waals surface area contributed by atoms with E-state index in [1.54, 1.807) is 4.57 Å². The van der Waals surface area contributed by atoms with Crippen molar-refractivity contribution in [3.8, 4) is 0 Å². The molecule has 0 unspecified atom stereocenters. The molecule has 1 amide bonds. The number of nitrogens with one attached hydrogen (secondary N) is 1. The number of para-hydroxylation sites is 1. The van der Waals surface area contributed by atoms with Crippen molar-refractivity contribution < 1.29 is 9.53 Å². The van der Waals surface area contributed by atoms with Crippen LogP contribution in [0, 0.1) is 0 Å². The number of nitrogens with zero attached hydrogens (tertiary/aromatic N) is 5. The largest absolute Gasteiger partial charge is 0.379 e. The van der Waals surface area contributed by atoms with Gasteiger partial charge in [0.1, 0.15) is 0 Å². The molecule has 0 atom stereocenters. The van der Waals surface area contributed by atoms with Gasteiger partial charge in [0.2, 0.25) is 11.7 Å². The van der Waals surface area contributed by atoms with E-state index in [0.29, 0.717) is 29.4 Å². The van der Waals surface area contributed by atoms with Crippen LogP contribution in [-0.2, 0) is 16.1 Å². The van der Waals surface area contributed by atoms with Crippen molar-refractivity contribution in [1.82, 2.24) is 29.4 Å². The molecule has 1 aliphatic heterocycles. The van der Waals surface area contributed by atoms with Crippen LogP contribution >= 0.6 is 11.8 Å². The fraction of sp³-hybridized carbons (Fsp3) is 0.600. The average molecular weight is 499 g/mol. The molecule has 1 N–H and O–H groups in total. The second-order valence-corrected chi connectivity index (χ2v) is 10.5. The van der Waals surface area contributed by atoms with E-state index in [1.807, 2.05) is 35.6 Å². The van der Waals surface area contributed by atoms with Crippen molar-refractivity contribution in [2.45, 2.75) is 62.7 Å². The summed E-state index contributed by atoms with van der Waals surface area (Å²) in [6.07, 6.45) is 6.75. The molecule has 2 fully saturated rings. The molecule has 3 heterocycles. The van der Waals surface area contributed by atoms with E-state index in [4.69, 9.17) is 4.74 Å². The topological polar surface area (TPSA) is 93.8 Å². The lowest BCUT2D eigenvalue weighted by Crippen LogP contribution is -2.59. The number of amides is 1. The Morgan fingerprint density at radius 1 is 1.14 bits per heavy atom. The molecule has 1 saturated carbocycles. The highest BCUT2D eigenvalue weighted by atomic mass is 32.2. The SMILES string of the molecule is CCCn1c(=O)c2ccccc2n2c(SCC(=O)NCC3(N4CCOCC4)CCCCC3)nnc12. The van der Waals surface area contributed by atoms with Crippen molar-refractivity contribution in [3.63, 3.8) is 0 Å². The number of rotatable bonds is 8. The molecular weight excluding hydrogens is 464 g/mol. The van der Waals surface area contributed by atoms with Gasteiger partial charge in [-0.25, -0.2) is 0 Å². The third-order valence-corrected chi connectivity index (χ3v) is 8.27. The number of thioether (sulfide) groups is 1. The quantitative estimate of drug-likeness (QED) is 0.477. The van der Waals surface area contributed by atoms with Gasteiger partial charge in [0.15, 0.2) is 5.16 Å². The van der Waals surface area contributed by atoms with Crippen LogP contribution in [0.1, 0.15) is 45.4 Å². The maximum Gasteiger partial charge on any atom is 0.262 e. The van der Waals surface area contributed by atoms with E-state index in [2.05, 4.69) is 20.4 Å². The fourth-order valence-corrected chi connectivity index (χ4v) is 6.32. The Morgan fingerprint density at radius 2 is 1.91 bits per heavy atom. The number of ether oxygens (including phenoxy) is 1. The van der Waals surface area contributed by atoms with E-state index in [0.717, 1.165) is 51.1 Å². The minimum atomic E-state index is -0.0578. The van der Waals surface area contributed by atoms with Crippen molar-refractivity contribution in [2.24, 2.45) is 0 Å². The summed E-state index contributed by atoms with van der Waals surface area (Å²) in [5.41, 5.74) is 0.745. The first kappa shape index (κ1) is 24.3. The van der Waals surface area contributed by atoms with Crippen LogP contribution in [0.5, 0.6) is 0 Å². The van der Waals surface area contributed by atoms with Crippen LogP contribution in [0.25, 0.3) is 16.7 Å². The highest BCUT2D eigenvalue weighted by molar-refractivity contribution is 7.99. The number of fused-ring (bicyclic) bond motifs is 3. The zero-order chi connectivity index (χ0) is 24.3. The summed E-state index contributed by atoms with van der Waals surface area (Å²) >= 11 is 1.36. The zero-order valence-corrected chi connectivity index (χ0v) is 21.2. The van der Waals surface area contributed by atoms with Crippen molar-refractivity contribution in [1.29, 1.82) is 0 Å². The van der Waals surface area contributed by atoms with E-state index in [9.17, 15) is 9.59 Å². The van der Waals surface area contributed by atoms with Crippen LogP contribution in [0.3, 0.4) is 0 Å². The lowest BCUT2D eigenvalue weighted by atomic mass is 9.79. The molecule has 0 radical (unpaired) electrons. The minimum absolute atomic E-state index is 0.00357. The fourth-order valence-electron chi connectivity index (χ4n) is 5.55. The van der Waals surface area contributed by atoms with Gasteiger partial charge in [-0.3, -0.25) is 23.5 Å². The second-order valence-electron chi connectivity index (χ2n) is 9.54. The van der Waals surface area contributed by atoms with E-state index < -0.39 is 0 Å². The maximum absolute atomic E-state index is 13.0. The summed E-state index contributed by atoms with van der Waals surface area (Å²) in [5.74, 6) is 0.768. The van der Waals surface area contributed by atoms with Gasteiger partial charge < -0.3 is 10.1 Å². The predicted molar refractivity (Wildman–Crippen MR) is 137 cm³/mol. The molecule has 1 aromatic carbocycles. The summed E-state index contributed by atoms with van der Waals surface area (Å²) in [6.45, 7) is 6.67. The number of aryl methyl sites for hydroxylation is 1. The number of morpholine rings is 1. The summed E-state index contributed by atoms with van der Waals surface area (Å²) in [5, 5.41) is 13.2. The van der Waals surface area contributed by atoms with Crippen LogP contribution in [0.4, 0.5) is 0 Å². The molecule has 5 rings (SSSR count). The first-order valence-electron chi connectivity index (χ1n) is 12.7. The van der Waals surface area contributed by atoms with Gasteiger partial charge in [0.05, 0.1) is 29.9 Å². The van der Waals surface area contributed by atoms with Gasteiger partial charge >= 0.3 is 0 Å². The maximum atomic E-state index is 13.0. The lowest BCUT2D eigenvalue weighted by molar-refractivity contribution is -0.119. The van der Waals surface area contributed by atoms with Gasteiger partial charge in [-0.15, -0.1) is 10.2 Å². The van der Waals surface area contributed by atoms with Gasteiger partial charge in [-0.1, -0.05) is 50.1 Å². The van der Waals surface area contributed by atoms with Gasteiger partial charge in [0, 0.05) is 31.7 Å². The molecule has 188 valence electrons. The number of carbonyl (C=O) groups excluding carboxylic acids is 1. The van der Waals surface area contributed by atoms with Crippen LogP contribution in [0.15, 0.2) is 34.2 Å². The summed E-state index contributed by atoms with van der Waals surface area (Å²) in [7, 11) is 0. The Kier molecular flexibility index (Phi) is 7.40. The van der Waals surface area contributed by atoms with Crippen molar-refractivity contribution in [3.05, 3.63) is 34.6 Å². The predicted octanol–water partition coefficient (Wildman–Crippen LogP) is 2.70. The molecule has 0 bridgehead atoms. The zero-order valence-electron chi connectivity index (χ0n) is 20.4. The number of aromatic nitrogens is 4. The molecule has 2 aliphatic rings. The van der Waals surface area contributed by atoms with Crippen LogP contribution < -0.4 is 10.9 Å². The second kappa shape index (κ2) is 10.7. The summed E-state index contributed by atoms with van der Waals surface area (Å²) in [6, 6.07) is 7.51. The lowest BCUT2D eigenvalue weighted by Gasteiger charge is -2.48. The number of carbonyl (C=O) groups is 1. The van der Waals surface area contributed by atoms with Crippen LogP contribution in [0.2, 0.25) is 0 Å². The van der Waals surface area contributed by atoms with Gasteiger partial charge in [0.25, 0.3) is 5.56 Å². The molecule has 2 aromatic heterocycles. The highest BCUT2D eigenvalue weighted by Crippen LogP contribution is 2.34. The number of hydrogen-bond acceptors (Lipinski definition) is 7. The standard InChI is InChI=1S/C25H34N6O3S/c1-2-12-30-22(33)19-8-4-5-9-20(19)31-23(30)27-28-24(31)35-17-21(32)26-18-25(10-6-3-7-11-25)29-13-15-34-16-14-29/h4-5,8-9H,2-3,6-7,10-18H2,1H3,(H,26,32). The molecule has 1 aliphatic carbocycles. The van der Waals surface area contributed by atoms with Gasteiger partial charge in [-0.2, -0.15) is 0 Å². The van der Waals surface area contributed by atoms with Crippen molar-refractivity contribution in [2.75, 3.05) is 38.6 Å². The molecule has 35 heavy (non-hydrogen) atoms. The van der Waals surface area contributed by atoms with Gasteiger partial charge in [-0.05, 0) is 31.4 Å². The van der Waals surface area contributed by atoms with E-state index >= 15 is 0 Å². The molecule has 1 saturated heterocycles. The Balaban J connectivity index is 1.32. The summed E-state index contributed by atoms with van der Waals surface area (Å²) in [4.78, 5) is 28.5. The Hall–Kier alpha value is -2.43. The molecule has 9 nitrogen and oxygen atoms in total. The Morgan fingerprint density at radius 3 is 2.69 bits per heavy atom.